The quantitative estimate of drug-likeness (QED) is 0.329. The summed E-state index contributed by atoms with van der Waals surface area (Å²) in [7, 11) is 0. The first-order valence-corrected chi connectivity index (χ1v) is 9.16. The molecule has 0 aromatic carbocycles. The van der Waals surface area contributed by atoms with Crippen LogP contribution in [0.3, 0.4) is 0 Å². The predicted octanol–water partition coefficient (Wildman–Crippen LogP) is 8.27. The van der Waals surface area contributed by atoms with Crippen LogP contribution in [0, 0.1) is 5.92 Å². The highest BCUT2D eigenvalue weighted by molar-refractivity contribution is 4.47. The van der Waals surface area contributed by atoms with Crippen LogP contribution < -0.4 is 0 Å². The Kier molecular flexibility index (Phi) is 35.2. The molecule has 0 aliphatic heterocycles. The van der Waals surface area contributed by atoms with Crippen LogP contribution in [0.2, 0.25) is 0 Å². The largest absolute Gasteiger partial charge is 0.379 e. The SMILES string of the molecule is C.C.CCCCCCCC(C)C.CCCCCCOC(C)C. The summed E-state index contributed by atoms with van der Waals surface area (Å²) >= 11 is 0. The van der Waals surface area contributed by atoms with E-state index in [9.17, 15) is 0 Å². The van der Waals surface area contributed by atoms with Crippen LogP contribution >= 0.6 is 0 Å². The lowest BCUT2D eigenvalue weighted by Crippen LogP contribution is -2.03. The van der Waals surface area contributed by atoms with E-state index in [0.29, 0.717) is 6.10 Å². The summed E-state index contributed by atoms with van der Waals surface area (Å²) in [5.74, 6) is 0.904. The molecular weight excluding hydrogens is 268 g/mol. The van der Waals surface area contributed by atoms with Gasteiger partial charge in [0.15, 0.2) is 0 Å². The Morgan fingerprint density at radius 2 is 1.09 bits per heavy atom. The molecule has 0 fully saturated rings. The molecule has 0 N–H and O–H groups in total. The van der Waals surface area contributed by atoms with Gasteiger partial charge in [-0.15, -0.1) is 0 Å². The lowest BCUT2D eigenvalue weighted by atomic mass is 10.0. The second-order valence-corrected chi connectivity index (χ2v) is 6.58. The van der Waals surface area contributed by atoms with Crippen LogP contribution in [-0.2, 0) is 4.74 Å². The number of rotatable bonds is 12. The first-order valence-electron chi connectivity index (χ1n) is 9.16. The number of hydrogen-bond acceptors (Lipinski definition) is 1. The molecule has 0 heterocycles. The summed E-state index contributed by atoms with van der Waals surface area (Å²) in [6.45, 7) is 14.2. The highest BCUT2D eigenvalue weighted by Gasteiger charge is 1.93. The molecule has 0 saturated heterocycles. The van der Waals surface area contributed by atoms with Gasteiger partial charge in [-0.2, -0.15) is 0 Å². The minimum Gasteiger partial charge on any atom is -0.379 e. The zero-order chi connectivity index (χ0) is 15.6. The van der Waals surface area contributed by atoms with Crippen molar-refractivity contribution < 1.29 is 4.74 Å². The molecule has 0 spiro atoms. The zero-order valence-corrected chi connectivity index (χ0v) is 15.3. The molecule has 22 heavy (non-hydrogen) atoms. The third-order valence-electron chi connectivity index (χ3n) is 3.33. The molecule has 1 heteroatoms. The molecule has 0 saturated carbocycles. The first kappa shape index (κ1) is 29.9. The van der Waals surface area contributed by atoms with Crippen molar-refractivity contribution in [2.75, 3.05) is 6.61 Å². The maximum absolute atomic E-state index is 5.39. The third-order valence-corrected chi connectivity index (χ3v) is 3.33. The highest BCUT2D eigenvalue weighted by Crippen LogP contribution is 2.09. The standard InChI is InChI=1S/C10H22.C9H20O.2CH4/c1-4-5-6-7-8-9-10(2)3;1-4-5-6-7-8-10-9(2)3;;/h10H,4-9H2,1-3H3;9H,4-8H2,1-3H3;2*1H4. The van der Waals surface area contributed by atoms with E-state index in [1.54, 1.807) is 0 Å². The van der Waals surface area contributed by atoms with Crippen molar-refractivity contribution in [3.8, 4) is 0 Å². The molecular formula is C21H50O. The second-order valence-electron chi connectivity index (χ2n) is 6.58. The summed E-state index contributed by atoms with van der Waals surface area (Å²) in [5, 5.41) is 0. The van der Waals surface area contributed by atoms with Gasteiger partial charge in [-0.3, -0.25) is 0 Å². The van der Waals surface area contributed by atoms with Crippen LogP contribution in [0.1, 0.15) is 121 Å². The van der Waals surface area contributed by atoms with Crippen molar-refractivity contribution in [1.29, 1.82) is 0 Å². The van der Waals surface area contributed by atoms with Gasteiger partial charge in [0.1, 0.15) is 0 Å². The summed E-state index contributed by atoms with van der Waals surface area (Å²) < 4.78 is 5.39. The topological polar surface area (TPSA) is 9.23 Å². The van der Waals surface area contributed by atoms with Gasteiger partial charge in [0.05, 0.1) is 6.10 Å². The number of unbranched alkanes of at least 4 members (excludes halogenated alkanes) is 7. The van der Waals surface area contributed by atoms with Crippen molar-refractivity contribution in [2.24, 2.45) is 5.92 Å². The monoisotopic (exact) mass is 318 g/mol. The molecule has 0 amide bonds. The average molecular weight is 319 g/mol. The molecule has 0 aromatic rings. The fraction of sp³-hybridized carbons (Fsp3) is 1.00. The lowest BCUT2D eigenvalue weighted by molar-refractivity contribution is 0.0757. The summed E-state index contributed by atoms with van der Waals surface area (Å²) in [4.78, 5) is 0. The van der Waals surface area contributed by atoms with E-state index in [2.05, 4.69) is 41.5 Å². The molecule has 140 valence electrons. The van der Waals surface area contributed by atoms with Gasteiger partial charge in [-0.05, 0) is 26.2 Å². The molecule has 0 bridgehead atoms. The average Bonchev–Trinajstić information content (AvgIpc) is 2.38. The van der Waals surface area contributed by atoms with E-state index in [0.717, 1.165) is 12.5 Å². The van der Waals surface area contributed by atoms with Gasteiger partial charge in [0.25, 0.3) is 0 Å². The van der Waals surface area contributed by atoms with E-state index >= 15 is 0 Å². The fourth-order valence-corrected chi connectivity index (χ4v) is 2.00. The second kappa shape index (κ2) is 25.9. The molecule has 1 nitrogen and oxygen atoms in total. The Morgan fingerprint density at radius 3 is 1.50 bits per heavy atom. The minimum atomic E-state index is 0. The summed E-state index contributed by atoms with van der Waals surface area (Å²) in [5.41, 5.74) is 0. The van der Waals surface area contributed by atoms with Gasteiger partial charge in [0.2, 0.25) is 0 Å². The van der Waals surface area contributed by atoms with Crippen molar-refractivity contribution in [2.45, 2.75) is 127 Å². The van der Waals surface area contributed by atoms with Crippen molar-refractivity contribution in [1.82, 2.24) is 0 Å². The molecule has 0 aromatic heterocycles. The Morgan fingerprint density at radius 1 is 0.636 bits per heavy atom. The Labute approximate surface area is 144 Å². The Hall–Kier alpha value is -0.0400. The van der Waals surface area contributed by atoms with Crippen LogP contribution in [0.5, 0.6) is 0 Å². The van der Waals surface area contributed by atoms with E-state index in [1.165, 1.54) is 64.2 Å². The van der Waals surface area contributed by atoms with Crippen molar-refractivity contribution >= 4 is 0 Å². The smallest absolute Gasteiger partial charge is 0.0518 e. The Balaban J connectivity index is -0.000000135. The predicted molar refractivity (Wildman–Crippen MR) is 107 cm³/mol. The normalized spacial score (nSPS) is 9.82. The zero-order valence-electron chi connectivity index (χ0n) is 15.3. The maximum atomic E-state index is 5.39. The lowest BCUT2D eigenvalue weighted by Gasteiger charge is -2.05. The van der Waals surface area contributed by atoms with Gasteiger partial charge >= 0.3 is 0 Å². The number of ether oxygens (including phenoxy) is 1. The van der Waals surface area contributed by atoms with Gasteiger partial charge < -0.3 is 4.74 Å². The van der Waals surface area contributed by atoms with Gasteiger partial charge in [-0.25, -0.2) is 0 Å². The van der Waals surface area contributed by atoms with Crippen LogP contribution in [0.15, 0.2) is 0 Å². The van der Waals surface area contributed by atoms with Crippen molar-refractivity contribution in [3.05, 3.63) is 0 Å². The fourth-order valence-electron chi connectivity index (χ4n) is 2.00. The molecule has 0 aliphatic rings. The molecule has 0 aliphatic carbocycles. The van der Waals surface area contributed by atoms with E-state index in [-0.39, 0.29) is 14.9 Å². The third kappa shape index (κ3) is 36.8. The van der Waals surface area contributed by atoms with E-state index in [4.69, 9.17) is 4.74 Å². The molecule has 0 rings (SSSR count). The number of hydrogen-bond donors (Lipinski definition) is 0. The summed E-state index contributed by atoms with van der Waals surface area (Å²) in [6.07, 6.45) is 14.2. The van der Waals surface area contributed by atoms with Crippen molar-refractivity contribution in [3.63, 3.8) is 0 Å². The van der Waals surface area contributed by atoms with E-state index < -0.39 is 0 Å². The first-order chi connectivity index (χ1) is 9.54. The van der Waals surface area contributed by atoms with Gasteiger partial charge in [-0.1, -0.05) is 100 Å². The van der Waals surface area contributed by atoms with Crippen LogP contribution in [-0.4, -0.2) is 12.7 Å². The van der Waals surface area contributed by atoms with Gasteiger partial charge in [0, 0.05) is 6.61 Å². The molecule has 0 radical (unpaired) electrons. The molecule has 0 unspecified atom stereocenters. The summed E-state index contributed by atoms with van der Waals surface area (Å²) in [6, 6.07) is 0. The Bertz CT molecular complexity index is 134. The maximum Gasteiger partial charge on any atom is 0.0518 e. The van der Waals surface area contributed by atoms with Crippen LogP contribution in [0.25, 0.3) is 0 Å². The van der Waals surface area contributed by atoms with E-state index in [1.807, 2.05) is 0 Å². The van der Waals surface area contributed by atoms with Crippen LogP contribution in [0.4, 0.5) is 0 Å². The minimum absolute atomic E-state index is 0. The molecule has 0 atom stereocenters. The highest BCUT2D eigenvalue weighted by atomic mass is 16.5.